The number of fused-ring (bicyclic) bond motifs is 1. The highest BCUT2D eigenvalue weighted by molar-refractivity contribution is 6.44. The van der Waals surface area contributed by atoms with E-state index in [0.29, 0.717) is 21.4 Å². The number of halogens is 2. The first-order valence-corrected chi connectivity index (χ1v) is 4.98. The zero-order chi connectivity index (χ0) is 10.3. The molecule has 0 saturated heterocycles. The van der Waals surface area contributed by atoms with E-state index in [1.807, 2.05) is 19.1 Å². The minimum absolute atomic E-state index is 0.141. The Bertz CT molecular complexity index is 476. The van der Waals surface area contributed by atoms with E-state index >= 15 is 0 Å². The zero-order valence-corrected chi connectivity index (χ0v) is 9.06. The summed E-state index contributed by atoms with van der Waals surface area (Å²) in [5.74, 6) is 0.712. The first-order valence-electron chi connectivity index (χ1n) is 4.22. The van der Waals surface area contributed by atoms with Gasteiger partial charge in [0.15, 0.2) is 5.58 Å². The van der Waals surface area contributed by atoms with Crippen LogP contribution in [0.15, 0.2) is 22.6 Å². The van der Waals surface area contributed by atoms with Crippen LogP contribution in [0.1, 0.15) is 18.7 Å². The van der Waals surface area contributed by atoms with Gasteiger partial charge in [0.1, 0.15) is 10.8 Å². The van der Waals surface area contributed by atoms with Crippen molar-refractivity contribution in [3.8, 4) is 0 Å². The molecule has 14 heavy (non-hydrogen) atoms. The molecule has 2 aromatic rings. The van der Waals surface area contributed by atoms with Crippen LogP contribution in [0.2, 0.25) is 10.0 Å². The molecule has 1 unspecified atom stereocenters. The predicted octanol–water partition coefficient (Wildman–Crippen LogP) is 3.76. The van der Waals surface area contributed by atoms with Crippen LogP contribution in [0.4, 0.5) is 0 Å². The van der Waals surface area contributed by atoms with E-state index in [9.17, 15) is 0 Å². The molecule has 2 rings (SSSR count). The van der Waals surface area contributed by atoms with Gasteiger partial charge in [-0.05, 0) is 25.1 Å². The van der Waals surface area contributed by atoms with Crippen LogP contribution in [0.3, 0.4) is 0 Å². The van der Waals surface area contributed by atoms with Gasteiger partial charge in [0.05, 0.1) is 11.1 Å². The summed E-state index contributed by atoms with van der Waals surface area (Å²) in [6.07, 6.45) is 0. The number of benzene rings is 1. The number of hydrogen-bond acceptors (Lipinski definition) is 2. The maximum atomic E-state index is 5.98. The molecule has 1 atom stereocenters. The maximum Gasteiger partial charge on any atom is 0.154 e. The van der Waals surface area contributed by atoms with Crippen LogP contribution in [0, 0.1) is 0 Å². The van der Waals surface area contributed by atoms with Crippen LogP contribution < -0.4 is 5.73 Å². The Hall–Kier alpha value is -0.700. The number of hydrogen-bond donors (Lipinski definition) is 1. The van der Waals surface area contributed by atoms with E-state index in [1.165, 1.54) is 0 Å². The van der Waals surface area contributed by atoms with Crippen LogP contribution >= 0.6 is 23.2 Å². The number of furan rings is 1. The second kappa shape index (κ2) is 3.46. The minimum Gasteiger partial charge on any atom is -0.458 e. The van der Waals surface area contributed by atoms with Crippen molar-refractivity contribution >= 4 is 34.2 Å². The molecule has 2 nitrogen and oxygen atoms in total. The standard InChI is InChI=1S/C10H9Cl2NO/c1-5(13)8-4-6-2-3-7(11)9(12)10(6)14-8/h2-5H,13H2,1H3. The van der Waals surface area contributed by atoms with Gasteiger partial charge in [-0.2, -0.15) is 0 Å². The van der Waals surface area contributed by atoms with E-state index in [0.717, 1.165) is 5.39 Å². The first kappa shape index (κ1) is 9.84. The molecule has 4 heteroatoms. The van der Waals surface area contributed by atoms with Gasteiger partial charge < -0.3 is 10.2 Å². The third kappa shape index (κ3) is 1.50. The lowest BCUT2D eigenvalue weighted by Crippen LogP contribution is -2.02. The summed E-state index contributed by atoms with van der Waals surface area (Å²) < 4.78 is 5.50. The van der Waals surface area contributed by atoms with Gasteiger partial charge in [-0.15, -0.1) is 0 Å². The predicted molar refractivity (Wildman–Crippen MR) is 58.8 cm³/mol. The van der Waals surface area contributed by atoms with Crippen molar-refractivity contribution in [2.75, 3.05) is 0 Å². The van der Waals surface area contributed by atoms with Crippen molar-refractivity contribution in [2.24, 2.45) is 5.73 Å². The van der Waals surface area contributed by atoms with Gasteiger partial charge in [-0.25, -0.2) is 0 Å². The summed E-state index contributed by atoms with van der Waals surface area (Å²) in [6, 6.07) is 5.34. The molecule has 0 amide bonds. The molecule has 1 heterocycles. The quantitative estimate of drug-likeness (QED) is 0.809. The largest absolute Gasteiger partial charge is 0.458 e. The third-order valence-electron chi connectivity index (χ3n) is 2.05. The Morgan fingerprint density at radius 3 is 2.71 bits per heavy atom. The smallest absolute Gasteiger partial charge is 0.154 e. The molecule has 0 fully saturated rings. The molecule has 0 aliphatic rings. The molecular formula is C10H9Cl2NO. The Kier molecular flexibility index (Phi) is 2.43. The third-order valence-corrected chi connectivity index (χ3v) is 2.83. The lowest BCUT2D eigenvalue weighted by molar-refractivity contribution is 0.513. The summed E-state index contributed by atoms with van der Waals surface area (Å²) in [5.41, 5.74) is 6.30. The van der Waals surface area contributed by atoms with Crippen LogP contribution in [-0.4, -0.2) is 0 Å². The summed E-state index contributed by atoms with van der Waals surface area (Å²) in [5, 5.41) is 1.85. The van der Waals surface area contributed by atoms with Crippen molar-refractivity contribution in [3.05, 3.63) is 34.0 Å². The highest BCUT2D eigenvalue weighted by Crippen LogP contribution is 2.33. The van der Waals surface area contributed by atoms with Crippen LogP contribution in [0.5, 0.6) is 0 Å². The van der Waals surface area contributed by atoms with Crippen LogP contribution in [-0.2, 0) is 0 Å². The Labute approximate surface area is 91.6 Å². The van der Waals surface area contributed by atoms with Crippen LogP contribution in [0.25, 0.3) is 11.0 Å². The van der Waals surface area contributed by atoms with E-state index in [-0.39, 0.29) is 6.04 Å². The maximum absolute atomic E-state index is 5.98. The van der Waals surface area contributed by atoms with E-state index in [4.69, 9.17) is 33.4 Å². The Balaban J connectivity index is 2.71. The van der Waals surface area contributed by atoms with E-state index in [2.05, 4.69) is 0 Å². The molecule has 74 valence electrons. The van der Waals surface area contributed by atoms with E-state index in [1.54, 1.807) is 6.07 Å². The van der Waals surface area contributed by atoms with Crippen molar-refractivity contribution in [3.63, 3.8) is 0 Å². The fourth-order valence-electron chi connectivity index (χ4n) is 1.29. The van der Waals surface area contributed by atoms with Gasteiger partial charge >= 0.3 is 0 Å². The van der Waals surface area contributed by atoms with Crippen molar-refractivity contribution in [2.45, 2.75) is 13.0 Å². The molecule has 0 spiro atoms. The SMILES string of the molecule is CC(N)c1cc2ccc(Cl)c(Cl)c2o1. The lowest BCUT2D eigenvalue weighted by atomic mass is 10.2. The number of nitrogens with two attached hydrogens (primary N) is 1. The fraction of sp³-hybridized carbons (Fsp3) is 0.200. The first-order chi connectivity index (χ1) is 6.59. The molecule has 1 aromatic heterocycles. The van der Waals surface area contributed by atoms with Gasteiger partial charge in [-0.1, -0.05) is 23.2 Å². The summed E-state index contributed by atoms with van der Waals surface area (Å²) in [7, 11) is 0. The molecule has 0 bridgehead atoms. The molecule has 0 aliphatic carbocycles. The summed E-state index contributed by atoms with van der Waals surface area (Å²) >= 11 is 11.8. The zero-order valence-electron chi connectivity index (χ0n) is 7.55. The molecular weight excluding hydrogens is 221 g/mol. The average molecular weight is 230 g/mol. The average Bonchev–Trinajstić information content (AvgIpc) is 2.56. The van der Waals surface area contributed by atoms with Crippen molar-refractivity contribution < 1.29 is 4.42 Å². The summed E-state index contributed by atoms with van der Waals surface area (Å²) in [6.45, 7) is 1.85. The second-order valence-corrected chi connectivity index (χ2v) is 4.00. The topological polar surface area (TPSA) is 39.2 Å². The highest BCUT2D eigenvalue weighted by atomic mass is 35.5. The Morgan fingerprint density at radius 1 is 1.36 bits per heavy atom. The van der Waals surface area contributed by atoms with Gasteiger partial charge in [0.25, 0.3) is 0 Å². The molecule has 0 aliphatic heterocycles. The Morgan fingerprint density at radius 2 is 2.07 bits per heavy atom. The second-order valence-electron chi connectivity index (χ2n) is 3.22. The molecule has 0 saturated carbocycles. The van der Waals surface area contributed by atoms with Gasteiger partial charge in [0, 0.05) is 5.39 Å². The monoisotopic (exact) mass is 229 g/mol. The van der Waals surface area contributed by atoms with Gasteiger partial charge in [0.2, 0.25) is 0 Å². The highest BCUT2D eigenvalue weighted by Gasteiger charge is 2.11. The van der Waals surface area contributed by atoms with Gasteiger partial charge in [-0.3, -0.25) is 0 Å². The molecule has 0 radical (unpaired) electrons. The fourth-order valence-corrected chi connectivity index (χ4v) is 1.65. The molecule has 2 N–H and O–H groups in total. The van der Waals surface area contributed by atoms with E-state index < -0.39 is 0 Å². The lowest BCUT2D eigenvalue weighted by Gasteiger charge is -1.97. The normalized spacial score (nSPS) is 13.4. The number of rotatable bonds is 1. The van der Waals surface area contributed by atoms with Crippen molar-refractivity contribution in [1.82, 2.24) is 0 Å². The minimum atomic E-state index is -0.141. The molecule has 1 aromatic carbocycles. The summed E-state index contributed by atoms with van der Waals surface area (Å²) in [4.78, 5) is 0. The van der Waals surface area contributed by atoms with Crippen molar-refractivity contribution in [1.29, 1.82) is 0 Å².